The quantitative estimate of drug-likeness (QED) is 0.316. The molecule has 128 valence electrons. The minimum absolute atomic E-state index is 0.0820. The SMILES string of the molecule is O=C(O)C=Cc1cc(OC(=O)C(=O)C(O)c2ccccc2)ccc1O. The van der Waals surface area contributed by atoms with Gasteiger partial charge in [0.25, 0.3) is 5.78 Å². The first-order chi connectivity index (χ1) is 11.9. The van der Waals surface area contributed by atoms with Crippen molar-refractivity contribution < 1.29 is 34.4 Å². The number of rotatable bonds is 6. The van der Waals surface area contributed by atoms with E-state index in [0.29, 0.717) is 0 Å². The Hall–Kier alpha value is -3.45. The Morgan fingerprint density at radius 1 is 1.04 bits per heavy atom. The van der Waals surface area contributed by atoms with Gasteiger partial charge in [-0.15, -0.1) is 0 Å². The predicted molar refractivity (Wildman–Crippen MR) is 86.8 cm³/mol. The molecule has 1 atom stereocenters. The average molecular weight is 342 g/mol. The third-order valence-electron chi connectivity index (χ3n) is 3.18. The summed E-state index contributed by atoms with van der Waals surface area (Å²) in [6.07, 6.45) is 0.248. The molecule has 0 saturated heterocycles. The topological polar surface area (TPSA) is 121 Å². The normalized spacial score (nSPS) is 11.9. The van der Waals surface area contributed by atoms with E-state index in [1.807, 2.05) is 0 Å². The molecule has 0 aliphatic heterocycles. The summed E-state index contributed by atoms with van der Waals surface area (Å²) in [6.45, 7) is 0. The van der Waals surface area contributed by atoms with Crippen molar-refractivity contribution in [3.63, 3.8) is 0 Å². The van der Waals surface area contributed by atoms with Gasteiger partial charge in [-0.2, -0.15) is 0 Å². The zero-order chi connectivity index (χ0) is 18.4. The van der Waals surface area contributed by atoms with Crippen LogP contribution in [0.4, 0.5) is 0 Å². The number of hydrogen-bond acceptors (Lipinski definition) is 6. The molecule has 3 N–H and O–H groups in total. The number of hydrogen-bond donors (Lipinski definition) is 3. The summed E-state index contributed by atoms with van der Waals surface area (Å²) in [5, 5.41) is 28.1. The van der Waals surface area contributed by atoms with Crippen molar-refractivity contribution >= 4 is 23.8 Å². The number of ether oxygens (including phenoxy) is 1. The van der Waals surface area contributed by atoms with Gasteiger partial charge in [0.2, 0.25) is 0 Å². The van der Waals surface area contributed by atoms with Gasteiger partial charge in [0.15, 0.2) is 0 Å². The van der Waals surface area contributed by atoms with E-state index in [0.717, 1.165) is 12.2 Å². The van der Waals surface area contributed by atoms with Gasteiger partial charge in [-0.05, 0) is 29.8 Å². The van der Waals surface area contributed by atoms with Gasteiger partial charge in [0.05, 0.1) is 0 Å². The molecule has 0 radical (unpaired) electrons. The number of aromatic hydroxyl groups is 1. The van der Waals surface area contributed by atoms with E-state index in [1.165, 1.54) is 30.3 Å². The molecule has 0 aromatic heterocycles. The van der Waals surface area contributed by atoms with Gasteiger partial charge >= 0.3 is 11.9 Å². The molecule has 7 nitrogen and oxygen atoms in total. The molecule has 0 bridgehead atoms. The Balaban J connectivity index is 2.13. The smallest absolute Gasteiger partial charge is 0.383 e. The highest BCUT2D eigenvalue weighted by atomic mass is 16.5. The van der Waals surface area contributed by atoms with E-state index in [-0.39, 0.29) is 22.6 Å². The number of Topliss-reactive ketones (excluding diaryl/α,β-unsaturated/α-hetero) is 1. The first kappa shape index (κ1) is 17.9. The monoisotopic (exact) mass is 342 g/mol. The molecule has 25 heavy (non-hydrogen) atoms. The third kappa shape index (κ3) is 4.76. The Kier molecular flexibility index (Phi) is 5.65. The first-order valence-corrected chi connectivity index (χ1v) is 7.11. The van der Waals surface area contributed by atoms with Crippen LogP contribution < -0.4 is 4.74 Å². The zero-order valence-electron chi connectivity index (χ0n) is 12.8. The van der Waals surface area contributed by atoms with Gasteiger partial charge in [0.1, 0.15) is 17.6 Å². The average Bonchev–Trinajstić information content (AvgIpc) is 2.61. The molecule has 0 fully saturated rings. The number of phenolic OH excluding ortho intramolecular Hbond substituents is 1. The number of carboxylic acid groups (broad SMARTS) is 1. The molecule has 0 saturated carbocycles. The van der Waals surface area contributed by atoms with E-state index in [9.17, 15) is 24.6 Å². The molecule has 0 amide bonds. The van der Waals surface area contributed by atoms with Crippen molar-refractivity contribution in [1.82, 2.24) is 0 Å². The Bertz CT molecular complexity index is 825. The van der Waals surface area contributed by atoms with Gasteiger partial charge in [-0.1, -0.05) is 30.3 Å². The number of phenols is 1. The Morgan fingerprint density at radius 2 is 1.72 bits per heavy atom. The predicted octanol–water partition coefficient (Wildman–Crippen LogP) is 1.70. The van der Waals surface area contributed by atoms with Crippen LogP contribution in [0.15, 0.2) is 54.6 Å². The Morgan fingerprint density at radius 3 is 2.36 bits per heavy atom. The lowest BCUT2D eigenvalue weighted by Gasteiger charge is -2.10. The molecule has 0 heterocycles. The van der Waals surface area contributed by atoms with Crippen LogP contribution in [0.5, 0.6) is 11.5 Å². The van der Waals surface area contributed by atoms with Crippen LogP contribution in [0.2, 0.25) is 0 Å². The highest BCUT2D eigenvalue weighted by Crippen LogP contribution is 2.25. The molecule has 1 unspecified atom stereocenters. The third-order valence-corrected chi connectivity index (χ3v) is 3.18. The maximum absolute atomic E-state index is 11.9. The molecule has 0 aliphatic rings. The van der Waals surface area contributed by atoms with Gasteiger partial charge < -0.3 is 20.1 Å². The number of esters is 1. The standard InChI is InChI=1S/C18H14O7/c19-14-8-7-13(10-12(14)6-9-15(20)21)25-18(24)17(23)16(22)11-4-2-1-3-5-11/h1-10,16,19,22H,(H,20,21). The van der Waals surface area contributed by atoms with Crippen LogP contribution in [0.1, 0.15) is 17.2 Å². The summed E-state index contributed by atoms with van der Waals surface area (Å²) in [5.74, 6) is -3.96. The maximum atomic E-state index is 11.9. The van der Waals surface area contributed by atoms with Crippen molar-refractivity contribution in [1.29, 1.82) is 0 Å². The molecular formula is C18H14O7. The lowest BCUT2D eigenvalue weighted by atomic mass is 10.1. The van der Waals surface area contributed by atoms with Crippen LogP contribution in [0, 0.1) is 0 Å². The summed E-state index contributed by atoms with van der Waals surface area (Å²) in [5.41, 5.74) is 0.337. The van der Waals surface area contributed by atoms with Gasteiger partial charge in [-0.25, -0.2) is 9.59 Å². The lowest BCUT2D eigenvalue weighted by Crippen LogP contribution is -2.26. The molecule has 7 heteroatoms. The largest absolute Gasteiger partial charge is 0.507 e. The molecule has 2 rings (SSSR count). The minimum atomic E-state index is -1.66. The van der Waals surface area contributed by atoms with Crippen LogP contribution in [0.3, 0.4) is 0 Å². The van der Waals surface area contributed by atoms with Crippen LogP contribution in [-0.2, 0) is 14.4 Å². The summed E-state index contributed by atoms with van der Waals surface area (Å²) in [7, 11) is 0. The van der Waals surface area contributed by atoms with E-state index in [2.05, 4.69) is 0 Å². The number of carbonyl (C=O) groups is 3. The molecular weight excluding hydrogens is 328 g/mol. The zero-order valence-corrected chi connectivity index (χ0v) is 12.8. The number of carboxylic acids is 1. The van der Waals surface area contributed by atoms with Crippen molar-refractivity contribution in [2.45, 2.75) is 6.10 Å². The molecule has 2 aromatic rings. The van der Waals surface area contributed by atoms with Crippen molar-refractivity contribution in [2.75, 3.05) is 0 Å². The summed E-state index contributed by atoms with van der Waals surface area (Å²) < 4.78 is 4.88. The van der Waals surface area contributed by atoms with E-state index in [1.54, 1.807) is 18.2 Å². The number of carbonyl (C=O) groups excluding carboxylic acids is 2. The van der Waals surface area contributed by atoms with Crippen molar-refractivity contribution in [3.8, 4) is 11.5 Å². The first-order valence-electron chi connectivity index (χ1n) is 7.11. The van der Waals surface area contributed by atoms with E-state index in [4.69, 9.17) is 9.84 Å². The van der Waals surface area contributed by atoms with E-state index >= 15 is 0 Å². The number of aliphatic hydroxyl groups excluding tert-OH is 1. The van der Waals surface area contributed by atoms with Crippen LogP contribution in [0.25, 0.3) is 6.08 Å². The second-order valence-corrected chi connectivity index (χ2v) is 4.96. The second kappa shape index (κ2) is 7.89. The number of aliphatic hydroxyl groups is 1. The second-order valence-electron chi connectivity index (χ2n) is 4.96. The fraction of sp³-hybridized carbons (Fsp3) is 0.0556. The van der Waals surface area contributed by atoms with Crippen molar-refractivity contribution in [3.05, 3.63) is 65.7 Å². The van der Waals surface area contributed by atoms with E-state index < -0.39 is 23.8 Å². The molecule has 2 aromatic carbocycles. The number of benzene rings is 2. The van der Waals surface area contributed by atoms with Gasteiger partial charge in [0, 0.05) is 11.6 Å². The minimum Gasteiger partial charge on any atom is -0.507 e. The Labute approximate surface area is 142 Å². The lowest BCUT2D eigenvalue weighted by molar-refractivity contribution is -0.151. The fourth-order valence-electron chi connectivity index (χ4n) is 1.95. The summed E-state index contributed by atoms with van der Waals surface area (Å²) in [4.78, 5) is 34.4. The maximum Gasteiger partial charge on any atom is 0.383 e. The van der Waals surface area contributed by atoms with Gasteiger partial charge in [-0.3, -0.25) is 4.79 Å². The van der Waals surface area contributed by atoms with Crippen LogP contribution >= 0.6 is 0 Å². The van der Waals surface area contributed by atoms with Crippen molar-refractivity contribution in [2.24, 2.45) is 0 Å². The fourth-order valence-corrected chi connectivity index (χ4v) is 1.95. The van der Waals surface area contributed by atoms with Crippen LogP contribution in [-0.4, -0.2) is 33.0 Å². The number of aliphatic carboxylic acids is 1. The summed E-state index contributed by atoms with van der Waals surface area (Å²) in [6, 6.07) is 11.5. The number of ketones is 1. The highest BCUT2D eigenvalue weighted by Gasteiger charge is 2.26. The highest BCUT2D eigenvalue weighted by molar-refractivity contribution is 6.35. The summed E-state index contributed by atoms with van der Waals surface area (Å²) >= 11 is 0. The molecule has 0 aliphatic carbocycles. The molecule has 0 spiro atoms.